The number of imidazole rings is 1. The molecular formula is C24H22N2O2. The van der Waals surface area contributed by atoms with Crippen molar-refractivity contribution in [2.45, 2.75) is 6.54 Å². The average Bonchev–Trinajstić information content (AvgIpc) is 3.14. The molecule has 140 valence electrons. The van der Waals surface area contributed by atoms with E-state index in [2.05, 4.69) is 28.8 Å². The van der Waals surface area contributed by atoms with E-state index in [1.165, 1.54) is 0 Å². The lowest BCUT2D eigenvalue weighted by atomic mass is 10.0. The van der Waals surface area contributed by atoms with Crippen LogP contribution in [0.1, 0.15) is 0 Å². The van der Waals surface area contributed by atoms with Crippen molar-refractivity contribution < 1.29 is 9.84 Å². The second-order valence-corrected chi connectivity index (χ2v) is 6.47. The molecule has 3 aromatic carbocycles. The number of hydrogen-bond donors (Lipinski definition) is 1. The van der Waals surface area contributed by atoms with Crippen molar-refractivity contribution in [3.63, 3.8) is 0 Å². The summed E-state index contributed by atoms with van der Waals surface area (Å²) in [5, 5.41) is 9.77. The van der Waals surface area contributed by atoms with Crippen molar-refractivity contribution in [1.82, 2.24) is 9.55 Å². The summed E-state index contributed by atoms with van der Waals surface area (Å²) >= 11 is 0. The fraction of sp³-hybridized carbons (Fsp3) is 0.125. The normalized spacial score (nSPS) is 10.8. The molecule has 0 aliphatic rings. The minimum absolute atomic E-state index is 0.0292. The zero-order chi connectivity index (χ0) is 19.3. The van der Waals surface area contributed by atoms with Crippen LogP contribution in [-0.4, -0.2) is 28.4 Å². The highest BCUT2D eigenvalue weighted by molar-refractivity contribution is 5.82. The number of aliphatic hydroxyl groups is 1. The second kappa shape index (κ2) is 8.11. The lowest BCUT2D eigenvalue weighted by Gasteiger charge is -2.12. The van der Waals surface area contributed by atoms with Gasteiger partial charge in [0.25, 0.3) is 0 Å². The van der Waals surface area contributed by atoms with Gasteiger partial charge in [0.15, 0.2) is 0 Å². The highest BCUT2D eigenvalue weighted by Crippen LogP contribution is 2.36. The van der Waals surface area contributed by atoms with Crippen LogP contribution < -0.4 is 4.74 Å². The first-order chi connectivity index (χ1) is 13.8. The van der Waals surface area contributed by atoms with Crippen LogP contribution >= 0.6 is 0 Å². The Morgan fingerprint density at radius 1 is 0.821 bits per heavy atom. The summed E-state index contributed by atoms with van der Waals surface area (Å²) in [5.74, 6) is 1.59. The largest absolute Gasteiger partial charge is 0.497 e. The van der Waals surface area contributed by atoms with Gasteiger partial charge in [-0.15, -0.1) is 0 Å². The third kappa shape index (κ3) is 3.42. The van der Waals surface area contributed by atoms with Gasteiger partial charge in [-0.05, 0) is 12.1 Å². The summed E-state index contributed by atoms with van der Waals surface area (Å²) < 4.78 is 7.49. The van der Waals surface area contributed by atoms with Crippen LogP contribution in [0.15, 0.2) is 84.9 Å². The third-order valence-electron chi connectivity index (χ3n) is 4.71. The lowest BCUT2D eigenvalue weighted by molar-refractivity contribution is 0.277. The SMILES string of the molecule is COc1cccc(-c2nc(-c3ccccc3)c(-c3ccccc3)n2CCO)c1. The van der Waals surface area contributed by atoms with Crippen LogP contribution in [0.2, 0.25) is 0 Å². The summed E-state index contributed by atoms with van der Waals surface area (Å²) in [4.78, 5) is 5.02. The molecule has 1 heterocycles. The average molecular weight is 370 g/mol. The second-order valence-electron chi connectivity index (χ2n) is 6.47. The smallest absolute Gasteiger partial charge is 0.141 e. The Bertz CT molecular complexity index is 1060. The lowest BCUT2D eigenvalue weighted by Crippen LogP contribution is -2.06. The van der Waals surface area contributed by atoms with Crippen molar-refractivity contribution in [2.75, 3.05) is 13.7 Å². The Balaban J connectivity index is 2.00. The Morgan fingerprint density at radius 2 is 1.46 bits per heavy atom. The number of aliphatic hydroxyl groups excluding tert-OH is 1. The molecule has 28 heavy (non-hydrogen) atoms. The molecule has 0 aliphatic heterocycles. The fourth-order valence-electron chi connectivity index (χ4n) is 3.44. The Labute approximate surface area is 164 Å². The third-order valence-corrected chi connectivity index (χ3v) is 4.71. The molecule has 0 saturated carbocycles. The number of hydrogen-bond acceptors (Lipinski definition) is 3. The van der Waals surface area contributed by atoms with Gasteiger partial charge in [0.1, 0.15) is 11.6 Å². The van der Waals surface area contributed by atoms with Crippen molar-refractivity contribution in [3.8, 4) is 39.7 Å². The van der Waals surface area contributed by atoms with Crippen LogP contribution in [0.3, 0.4) is 0 Å². The van der Waals surface area contributed by atoms with E-state index in [1.807, 2.05) is 60.7 Å². The predicted octanol–water partition coefficient (Wildman–Crippen LogP) is 4.89. The van der Waals surface area contributed by atoms with E-state index < -0.39 is 0 Å². The van der Waals surface area contributed by atoms with Crippen LogP contribution in [-0.2, 0) is 6.54 Å². The molecule has 4 nitrogen and oxygen atoms in total. The van der Waals surface area contributed by atoms with Crippen LogP contribution in [0.5, 0.6) is 5.75 Å². The highest BCUT2D eigenvalue weighted by Gasteiger charge is 2.21. The zero-order valence-electron chi connectivity index (χ0n) is 15.7. The van der Waals surface area contributed by atoms with Crippen molar-refractivity contribution in [2.24, 2.45) is 0 Å². The van der Waals surface area contributed by atoms with Gasteiger partial charge in [-0.2, -0.15) is 0 Å². The molecule has 0 amide bonds. The van der Waals surface area contributed by atoms with E-state index in [0.29, 0.717) is 6.54 Å². The maximum absolute atomic E-state index is 9.77. The predicted molar refractivity (Wildman–Crippen MR) is 112 cm³/mol. The molecular weight excluding hydrogens is 348 g/mol. The number of benzene rings is 3. The van der Waals surface area contributed by atoms with Gasteiger partial charge in [-0.3, -0.25) is 0 Å². The number of aromatic nitrogens is 2. The topological polar surface area (TPSA) is 47.3 Å². The summed E-state index contributed by atoms with van der Waals surface area (Å²) in [5.41, 5.74) is 4.96. The highest BCUT2D eigenvalue weighted by atomic mass is 16.5. The van der Waals surface area contributed by atoms with E-state index in [0.717, 1.165) is 39.7 Å². The monoisotopic (exact) mass is 370 g/mol. The van der Waals surface area contributed by atoms with E-state index in [4.69, 9.17) is 9.72 Å². The summed E-state index contributed by atoms with van der Waals surface area (Å²) in [6.45, 7) is 0.484. The standard InChI is InChI=1S/C24H22N2O2/c1-28-21-14-8-13-20(17-21)24-25-22(18-9-4-2-5-10-18)23(26(24)15-16-27)19-11-6-3-7-12-19/h2-14,17,27H,15-16H2,1H3. The van der Waals surface area contributed by atoms with Crippen LogP contribution in [0, 0.1) is 0 Å². The Morgan fingerprint density at radius 3 is 2.11 bits per heavy atom. The van der Waals surface area contributed by atoms with Gasteiger partial charge in [-0.25, -0.2) is 4.98 Å². The zero-order valence-corrected chi connectivity index (χ0v) is 15.7. The minimum atomic E-state index is 0.0292. The first-order valence-electron chi connectivity index (χ1n) is 9.28. The van der Waals surface area contributed by atoms with Crippen LogP contribution in [0.4, 0.5) is 0 Å². The van der Waals surface area contributed by atoms with Gasteiger partial charge in [0, 0.05) is 23.2 Å². The van der Waals surface area contributed by atoms with Gasteiger partial charge < -0.3 is 14.4 Å². The van der Waals surface area contributed by atoms with Gasteiger partial charge in [-0.1, -0.05) is 72.8 Å². The molecule has 0 atom stereocenters. The fourth-order valence-corrected chi connectivity index (χ4v) is 3.44. The maximum atomic E-state index is 9.77. The molecule has 4 heteroatoms. The van der Waals surface area contributed by atoms with Crippen LogP contribution in [0.25, 0.3) is 33.9 Å². The molecule has 0 aliphatic carbocycles. The molecule has 0 bridgehead atoms. The maximum Gasteiger partial charge on any atom is 0.141 e. The van der Waals surface area contributed by atoms with Crippen molar-refractivity contribution >= 4 is 0 Å². The van der Waals surface area contributed by atoms with Gasteiger partial charge >= 0.3 is 0 Å². The molecule has 0 radical (unpaired) electrons. The Hall–Kier alpha value is -3.37. The van der Waals surface area contributed by atoms with Crippen molar-refractivity contribution in [1.29, 1.82) is 0 Å². The first kappa shape index (κ1) is 18.0. The molecule has 1 N–H and O–H groups in total. The number of ether oxygens (including phenoxy) is 1. The summed E-state index contributed by atoms with van der Waals surface area (Å²) in [6.07, 6.45) is 0. The summed E-state index contributed by atoms with van der Waals surface area (Å²) in [6, 6.07) is 28.2. The summed E-state index contributed by atoms with van der Waals surface area (Å²) in [7, 11) is 1.66. The minimum Gasteiger partial charge on any atom is -0.497 e. The molecule has 1 aromatic heterocycles. The quantitative estimate of drug-likeness (QED) is 0.526. The van der Waals surface area contributed by atoms with E-state index in [9.17, 15) is 5.11 Å². The first-order valence-corrected chi connectivity index (χ1v) is 9.28. The molecule has 4 aromatic rings. The molecule has 0 saturated heterocycles. The molecule has 0 unspecified atom stereocenters. The van der Waals surface area contributed by atoms with Gasteiger partial charge in [0.05, 0.1) is 25.1 Å². The molecule has 0 spiro atoms. The molecule has 0 fully saturated rings. The van der Waals surface area contributed by atoms with E-state index >= 15 is 0 Å². The molecule has 4 rings (SSSR count). The van der Waals surface area contributed by atoms with Gasteiger partial charge in [0.2, 0.25) is 0 Å². The number of nitrogens with zero attached hydrogens (tertiary/aromatic N) is 2. The number of methoxy groups -OCH3 is 1. The number of rotatable bonds is 6. The van der Waals surface area contributed by atoms with Crippen molar-refractivity contribution in [3.05, 3.63) is 84.9 Å². The van der Waals surface area contributed by atoms with E-state index in [-0.39, 0.29) is 6.61 Å². The Kier molecular flexibility index (Phi) is 5.22. The van der Waals surface area contributed by atoms with E-state index in [1.54, 1.807) is 7.11 Å².